The third kappa shape index (κ3) is 6.85. The SMILES string of the molecule is Cc1ccc(N(CC(=O)NCCSCc2ccccc2C)S(=O)(=O)c2ccc(C)cc2)cc1. The van der Waals surface area contributed by atoms with E-state index in [1.165, 1.54) is 15.4 Å². The predicted octanol–water partition coefficient (Wildman–Crippen LogP) is 4.86. The maximum Gasteiger partial charge on any atom is 0.264 e. The highest BCUT2D eigenvalue weighted by molar-refractivity contribution is 7.98. The number of thioether (sulfide) groups is 1. The average Bonchev–Trinajstić information content (AvgIpc) is 2.79. The second kappa shape index (κ2) is 11.4. The Kier molecular flexibility index (Phi) is 8.58. The predicted molar refractivity (Wildman–Crippen MR) is 137 cm³/mol. The van der Waals surface area contributed by atoms with Crippen molar-refractivity contribution in [1.29, 1.82) is 0 Å². The summed E-state index contributed by atoms with van der Waals surface area (Å²) in [5.74, 6) is 1.29. The highest BCUT2D eigenvalue weighted by Crippen LogP contribution is 2.24. The number of nitrogens with one attached hydrogen (secondary N) is 1. The van der Waals surface area contributed by atoms with Crippen molar-refractivity contribution < 1.29 is 13.2 Å². The summed E-state index contributed by atoms with van der Waals surface area (Å²) in [6, 6.07) is 22.0. The monoisotopic (exact) mass is 482 g/mol. The van der Waals surface area contributed by atoms with Crippen molar-refractivity contribution in [2.45, 2.75) is 31.4 Å². The average molecular weight is 483 g/mol. The van der Waals surface area contributed by atoms with Gasteiger partial charge in [0.2, 0.25) is 5.91 Å². The van der Waals surface area contributed by atoms with Crippen LogP contribution in [0.25, 0.3) is 0 Å². The van der Waals surface area contributed by atoms with E-state index >= 15 is 0 Å². The lowest BCUT2D eigenvalue weighted by Crippen LogP contribution is -2.41. The lowest BCUT2D eigenvalue weighted by Gasteiger charge is -2.24. The number of hydrogen-bond donors (Lipinski definition) is 1. The molecule has 0 atom stereocenters. The van der Waals surface area contributed by atoms with Crippen molar-refractivity contribution in [3.63, 3.8) is 0 Å². The first kappa shape index (κ1) is 24.9. The first-order chi connectivity index (χ1) is 15.8. The maximum absolute atomic E-state index is 13.4. The molecule has 0 aromatic heterocycles. The van der Waals surface area contributed by atoms with E-state index in [1.54, 1.807) is 48.2 Å². The number of carbonyl (C=O) groups excluding carboxylic acids is 1. The number of rotatable bonds is 10. The fourth-order valence-electron chi connectivity index (χ4n) is 3.27. The molecule has 0 spiro atoms. The minimum atomic E-state index is -3.89. The van der Waals surface area contributed by atoms with E-state index in [0.717, 1.165) is 22.6 Å². The number of anilines is 1. The molecule has 3 rings (SSSR count). The number of aryl methyl sites for hydroxylation is 3. The van der Waals surface area contributed by atoms with Gasteiger partial charge in [0.15, 0.2) is 0 Å². The summed E-state index contributed by atoms with van der Waals surface area (Å²) in [6.45, 7) is 6.12. The van der Waals surface area contributed by atoms with Gasteiger partial charge >= 0.3 is 0 Å². The van der Waals surface area contributed by atoms with Crippen molar-refractivity contribution in [2.75, 3.05) is 23.1 Å². The standard InChI is InChI=1S/C26H30N2O3S2/c1-20-8-12-24(13-9-20)28(33(30,31)25-14-10-21(2)11-15-25)18-26(29)27-16-17-32-19-23-7-5-4-6-22(23)3/h4-15H,16-19H2,1-3H3,(H,27,29). The van der Waals surface area contributed by atoms with Crippen LogP contribution in [-0.4, -0.2) is 33.2 Å². The molecule has 1 amide bonds. The molecule has 0 radical (unpaired) electrons. The fourth-order valence-corrected chi connectivity index (χ4v) is 5.62. The van der Waals surface area contributed by atoms with Crippen molar-refractivity contribution in [1.82, 2.24) is 5.32 Å². The third-order valence-corrected chi connectivity index (χ3v) is 8.10. The molecule has 0 aliphatic heterocycles. The zero-order chi connectivity index (χ0) is 23.8. The van der Waals surface area contributed by atoms with Gasteiger partial charge in [0.1, 0.15) is 6.54 Å². The molecule has 3 aromatic carbocycles. The van der Waals surface area contributed by atoms with Crippen LogP contribution in [0.15, 0.2) is 77.7 Å². The van der Waals surface area contributed by atoms with Gasteiger partial charge in [-0.05, 0) is 56.2 Å². The molecule has 0 bridgehead atoms. The molecule has 5 nitrogen and oxygen atoms in total. The van der Waals surface area contributed by atoms with E-state index in [1.807, 2.05) is 38.1 Å². The Labute approximate surface area is 201 Å². The molecule has 0 fully saturated rings. The zero-order valence-corrected chi connectivity index (χ0v) is 20.9. The summed E-state index contributed by atoms with van der Waals surface area (Å²) in [4.78, 5) is 12.8. The Balaban J connectivity index is 1.64. The smallest absolute Gasteiger partial charge is 0.264 e. The molecular formula is C26H30N2O3S2. The number of hydrogen-bond acceptors (Lipinski definition) is 4. The summed E-state index contributed by atoms with van der Waals surface area (Å²) in [5, 5.41) is 2.86. The van der Waals surface area contributed by atoms with Crippen LogP contribution in [0.1, 0.15) is 22.3 Å². The maximum atomic E-state index is 13.4. The van der Waals surface area contributed by atoms with E-state index in [4.69, 9.17) is 0 Å². The Morgan fingerprint density at radius 3 is 2.12 bits per heavy atom. The normalized spacial score (nSPS) is 11.2. The van der Waals surface area contributed by atoms with Crippen LogP contribution >= 0.6 is 11.8 Å². The largest absolute Gasteiger partial charge is 0.354 e. The Morgan fingerprint density at radius 2 is 1.48 bits per heavy atom. The van der Waals surface area contributed by atoms with E-state index in [-0.39, 0.29) is 17.3 Å². The second-order valence-corrected chi connectivity index (χ2v) is 11.0. The van der Waals surface area contributed by atoms with Crippen LogP contribution in [0.3, 0.4) is 0 Å². The molecule has 0 unspecified atom stereocenters. The van der Waals surface area contributed by atoms with E-state index < -0.39 is 10.0 Å². The molecule has 0 aliphatic carbocycles. The topological polar surface area (TPSA) is 66.5 Å². The summed E-state index contributed by atoms with van der Waals surface area (Å²) < 4.78 is 27.9. The quantitative estimate of drug-likeness (QED) is 0.419. The van der Waals surface area contributed by atoms with Crippen LogP contribution in [0, 0.1) is 20.8 Å². The van der Waals surface area contributed by atoms with Gasteiger partial charge in [-0.1, -0.05) is 59.7 Å². The second-order valence-electron chi connectivity index (χ2n) is 7.99. The molecule has 0 saturated heterocycles. The Morgan fingerprint density at radius 1 is 0.879 bits per heavy atom. The number of amides is 1. The summed E-state index contributed by atoms with van der Waals surface area (Å²) >= 11 is 1.74. The van der Waals surface area contributed by atoms with Crippen molar-refractivity contribution in [3.05, 3.63) is 95.1 Å². The minimum absolute atomic E-state index is 0.162. The van der Waals surface area contributed by atoms with E-state index in [0.29, 0.717) is 12.2 Å². The first-order valence-corrected chi connectivity index (χ1v) is 13.4. The van der Waals surface area contributed by atoms with Gasteiger partial charge in [-0.3, -0.25) is 9.10 Å². The molecule has 3 aromatic rings. The summed E-state index contributed by atoms with van der Waals surface area (Å²) in [7, 11) is -3.89. The van der Waals surface area contributed by atoms with Gasteiger partial charge < -0.3 is 5.32 Å². The van der Waals surface area contributed by atoms with Gasteiger partial charge in [0, 0.05) is 18.1 Å². The highest BCUT2D eigenvalue weighted by Gasteiger charge is 2.27. The number of nitrogens with zero attached hydrogens (tertiary/aromatic N) is 1. The van der Waals surface area contributed by atoms with E-state index in [9.17, 15) is 13.2 Å². The van der Waals surface area contributed by atoms with Gasteiger partial charge in [-0.25, -0.2) is 8.42 Å². The summed E-state index contributed by atoms with van der Waals surface area (Å²) in [5.41, 5.74) is 4.98. The van der Waals surface area contributed by atoms with Crippen molar-refractivity contribution in [3.8, 4) is 0 Å². The van der Waals surface area contributed by atoms with E-state index in [2.05, 4.69) is 24.4 Å². The van der Waals surface area contributed by atoms with Crippen LogP contribution in [0.5, 0.6) is 0 Å². The molecule has 33 heavy (non-hydrogen) atoms. The Hall–Kier alpha value is -2.77. The fraction of sp³-hybridized carbons (Fsp3) is 0.269. The molecule has 0 aliphatic rings. The third-order valence-electron chi connectivity index (χ3n) is 5.31. The molecule has 0 heterocycles. The van der Waals surface area contributed by atoms with Gasteiger partial charge in [-0.15, -0.1) is 0 Å². The molecular weight excluding hydrogens is 452 g/mol. The van der Waals surface area contributed by atoms with Crippen molar-refractivity contribution in [2.24, 2.45) is 0 Å². The van der Waals surface area contributed by atoms with Crippen LogP contribution in [-0.2, 0) is 20.6 Å². The van der Waals surface area contributed by atoms with Crippen LogP contribution < -0.4 is 9.62 Å². The first-order valence-electron chi connectivity index (χ1n) is 10.8. The van der Waals surface area contributed by atoms with Gasteiger partial charge in [-0.2, -0.15) is 11.8 Å². The van der Waals surface area contributed by atoms with Crippen molar-refractivity contribution >= 4 is 33.4 Å². The Bertz CT molecular complexity index is 1170. The van der Waals surface area contributed by atoms with Crippen LogP contribution in [0.2, 0.25) is 0 Å². The number of benzene rings is 3. The van der Waals surface area contributed by atoms with Gasteiger partial charge in [0.05, 0.1) is 10.6 Å². The molecule has 7 heteroatoms. The molecule has 1 N–H and O–H groups in total. The lowest BCUT2D eigenvalue weighted by atomic mass is 10.1. The lowest BCUT2D eigenvalue weighted by molar-refractivity contribution is -0.119. The molecule has 0 saturated carbocycles. The highest BCUT2D eigenvalue weighted by atomic mass is 32.2. The van der Waals surface area contributed by atoms with Gasteiger partial charge in [0.25, 0.3) is 10.0 Å². The molecule has 174 valence electrons. The zero-order valence-electron chi connectivity index (χ0n) is 19.2. The number of sulfonamides is 1. The van der Waals surface area contributed by atoms with Crippen LogP contribution in [0.4, 0.5) is 5.69 Å². The summed E-state index contributed by atoms with van der Waals surface area (Å²) in [6.07, 6.45) is 0. The number of carbonyl (C=O) groups is 1. The minimum Gasteiger partial charge on any atom is -0.354 e.